The molecule has 1 aliphatic carbocycles. The Morgan fingerprint density at radius 2 is 1.52 bits per heavy atom. The van der Waals surface area contributed by atoms with Crippen LogP contribution in [0.2, 0.25) is 5.02 Å². The normalized spacial score (nSPS) is 18.7. The molecule has 0 saturated heterocycles. The van der Waals surface area contributed by atoms with Crippen LogP contribution in [0.25, 0.3) is 16.5 Å². The van der Waals surface area contributed by atoms with Crippen LogP contribution in [0.5, 0.6) is 0 Å². The Balaban J connectivity index is 1.96. The van der Waals surface area contributed by atoms with E-state index in [1.807, 2.05) is 6.07 Å². The van der Waals surface area contributed by atoms with Gasteiger partial charge in [-0.15, -0.1) is 0 Å². The van der Waals surface area contributed by atoms with Crippen LogP contribution in [0.1, 0.15) is 30.9 Å². The fourth-order valence-electron chi connectivity index (χ4n) is 4.25. The Labute approximate surface area is 159 Å². The molecule has 27 heavy (non-hydrogen) atoms. The van der Waals surface area contributed by atoms with Crippen molar-refractivity contribution in [3.8, 4) is 0 Å². The number of hydrogen-bond donors (Lipinski definition) is 0. The first kappa shape index (κ1) is 16.3. The van der Waals surface area contributed by atoms with Crippen molar-refractivity contribution < 1.29 is 4.79 Å². The van der Waals surface area contributed by atoms with Gasteiger partial charge in [0.05, 0.1) is 16.5 Å². The molecular formula is C21H15ClN2O3. The number of carbonyl (C=O) groups is 1. The van der Waals surface area contributed by atoms with Gasteiger partial charge >= 0.3 is 0 Å². The first-order valence-electron chi connectivity index (χ1n) is 8.87. The molecule has 0 amide bonds. The van der Waals surface area contributed by atoms with Gasteiger partial charge in [-0.2, -0.15) is 0 Å². The van der Waals surface area contributed by atoms with E-state index in [-0.39, 0.29) is 16.9 Å². The van der Waals surface area contributed by atoms with E-state index in [4.69, 9.17) is 11.6 Å². The first-order valence-corrected chi connectivity index (χ1v) is 9.25. The maximum atomic E-state index is 13.3. The lowest BCUT2D eigenvalue weighted by molar-refractivity contribution is -0.116. The third-order valence-electron chi connectivity index (χ3n) is 5.41. The summed E-state index contributed by atoms with van der Waals surface area (Å²) in [6, 6.07) is 13.3. The summed E-state index contributed by atoms with van der Waals surface area (Å²) in [5, 5.41) is 1.18. The third-order valence-corrected chi connectivity index (χ3v) is 5.75. The van der Waals surface area contributed by atoms with Gasteiger partial charge < -0.3 is 0 Å². The molecule has 2 aliphatic rings. The summed E-state index contributed by atoms with van der Waals surface area (Å²) >= 11 is 6.42. The molecule has 1 unspecified atom stereocenters. The van der Waals surface area contributed by atoms with Crippen LogP contribution >= 0.6 is 11.6 Å². The average Bonchev–Trinajstić information content (AvgIpc) is 3.03. The Bertz CT molecular complexity index is 1280. The number of nitrogens with zero attached hydrogens (tertiary/aromatic N) is 2. The fourth-order valence-corrected chi connectivity index (χ4v) is 4.49. The number of fused-ring (bicyclic) bond motifs is 3. The molecule has 2 heterocycles. The third kappa shape index (κ3) is 2.15. The first-order chi connectivity index (χ1) is 13.1. The molecule has 1 aliphatic heterocycles. The Morgan fingerprint density at radius 1 is 0.852 bits per heavy atom. The van der Waals surface area contributed by atoms with Gasteiger partial charge in [0.2, 0.25) is 0 Å². The number of rotatable bonds is 1. The molecule has 1 atom stereocenters. The van der Waals surface area contributed by atoms with E-state index in [1.165, 1.54) is 9.36 Å². The highest BCUT2D eigenvalue weighted by Crippen LogP contribution is 2.42. The molecule has 5 nitrogen and oxygen atoms in total. The van der Waals surface area contributed by atoms with Gasteiger partial charge in [0.15, 0.2) is 5.78 Å². The van der Waals surface area contributed by atoms with E-state index < -0.39 is 6.04 Å². The van der Waals surface area contributed by atoms with E-state index in [0.29, 0.717) is 51.9 Å². The number of ketones is 1. The molecule has 0 N–H and O–H groups in total. The van der Waals surface area contributed by atoms with Gasteiger partial charge in [-0.05, 0) is 36.6 Å². The number of allylic oxidation sites excluding steroid dienone is 2. The number of carbonyl (C=O) groups excluding carboxylic acids is 1. The van der Waals surface area contributed by atoms with Crippen molar-refractivity contribution in [2.24, 2.45) is 0 Å². The van der Waals surface area contributed by atoms with Crippen molar-refractivity contribution in [2.45, 2.75) is 25.3 Å². The lowest BCUT2D eigenvalue weighted by Crippen LogP contribution is -2.37. The van der Waals surface area contributed by atoms with E-state index in [0.717, 1.165) is 0 Å². The zero-order valence-corrected chi connectivity index (χ0v) is 15.1. The molecule has 5 rings (SSSR count). The van der Waals surface area contributed by atoms with Crippen molar-refractivity contribution in [3.05, 3.63) is 85.4 Å². The summed E-state index contributed by atoms with van der Waals surface area (Å²) in [4.78, 5) is 39.4. The molecule has 6 heteroatoms. The number of hydrogen-bond acceptors (Lipinski definition) is 3. The molecule has 2 aromatic carbocycles. The van der Waals surface area contributed by atoms with E-state index in [2.05, 4.69) is 0 Å². The lowest BCUT2D eigenvalue weighted by atomic mass is 9.88. The number of benzene rings is 2. The van der Waals surface area contributed by atoms with Gasteiger partial charge in [-0.25, -0.2) is 9.36 Å². The minimum absolute atomic E-state index is 0.0276. The quantitative estimate of drug-likeness (QED) is 0.652. The number of aromatic nitrogens is 2. The van der Waals surface area contributed by atoms with Crippen LogP contribution in [0.3, 0.4) is 0 Å². The second-order valence-electron chi connectivity index (χ2n) is 6.87. The van der Waals surface area contributed by atoms with Crippen molar-refractivity contribution in [1.29, 1.82) is 0 Å². The summed E-state index contributed by atoms with van der Waals surface area (Å²) < 4.78 is 2.82. The predicted molar refractivity (Wildman–Crippen MR) is 104 cm³/mol. The average molecular weight is 379 g/mol. The van der Waals surface area contributed by atoms with Crippen LogP contribution in [0, 0.1) is 0 Å². The summed E-state index contributed by atoms with van der Waals surface area (Å²) in [6.45, 7) is 0. The standard InChI is InChI=1S/C21H15ClN2O3/c22-15-9-4-3-8-14(15)19-18-16(10-5-11-17(18)25)23-20(26)12-6-1-2-7-13(12)21(27)24(19)23/h1-4,6-9,19H,5,10-11H2. The molecule has 0 radical (unpaired) electrons. The second-order valence-corrected chi connectivity index (χ2v) is 7.28. The van der Waals surface area contributed by atoms with E-state index in [9.17, 15) is 14.4 Å². The van der Waals surface area contributed by atoms with Gasteiger partial charge in [0.1, 0.15) is 6.04 Å². The molecule has 0 spiro atoms. The maximum absolute atomic E-state index is 13.3. The van der Waals surface area contributed by atoms with Gasteiger partial charge in [0, 0.05) is 17.0 Å². The van der Waals surface area contributed by atoms with Crippen LogP contribution in [0.15, 0.2) is 63.7 Å². The zero-order chi connectivity index (χ0) is 18.7. The van der Waals surface area contributed by atoms with Crippen molar-refractivity contribution in [1.82, 2.24) is 9.36 Å². The number of halogens is 1. The molecule has 1 aromatic heterocycles. The van der Waals surface area contributed by atoms with Crippen LogP contribution in [-0.2, 0) is 4.79 Å². The summed E-state index contributed by atoms with van der Waals surface area (Å²) in [5.74, 6) is -0.0276. The zero-order valence-electron chi connectivity index (χ0n) is 14.3. The van der Waals surface area contributed by atoms with E-state index >= 15 is 0 Å². The van der Waals surface area contributed by atoms with Gasteiger partial charge in [0.25, 0.3) is 11.1 Å². The summed E-state index contributed by atoms with van der Waals surface area (Å²) in [5.41, 5.74) is 1.23. The highest BCUT2D eigenvalue weighted by molar-refractivity contribution is 6.31. The second kappa shape index (κ2) is 5.79. The Hall–Kier alpha value is -2.92. The fraction of sp³-hybridized carbons (Fsp3) is 0.190. The van der Waals surface area contributed by atoms with Crippen LogP contribution < -0.4 is 11.1 Å². The molecule has 0 bridgehead atoms. The van der Waals surface area contributed by atoms with Crippen LogP contribution in [0.4, 0.5) is 0 Å². The predicted octanol–water partition coefficient (Wildman–Crippen LogP) is 3.38. The summed E-state index contributed by atoms with van der Waals surface area (Å²) in [7, 11) is 0. The highest BCUT2D eigenvalue weighted by atomic mass is 35.5. The SMILES string of the molecule is O=C1CCCC2=C1C(c1ccccc1Cl)n1c(=O)c3ccccc3c(=O)n12. The van der Waals surface area contributed by atoms with Crippen molar-refractivity contribution in [3.63, 3.8) is 0 Å². The highest BCUT2D eigenvalue weighted by Gasteiger charge is 2.40. The van der Waals surface area contributed by atoms with Crippen molar-refractivity contribution >= 4 is 33.9 Å². The monoisotopic (exact) mass is 378 g/mol. The largest absolute Gasteiger partial charge is 0.294 e. The smallest absolute Gasteiger partial charge is 0.277 e. The Morgan fingerprint density at radius 3 is 2.26 bits per heavy atom. The van der Waals surface area contributed by atoms with Crippen LogP contribution in [-0.4, -0.2) is 15.1 Å². The summed E-state index contributed by atoms with van der Waals surface area (Å²) in [6.07, 6.45) is 1.66. The number of Topliss-reactive ketones (excluding diaryl/α,β-unsaturated/α-hetero) is 1. The van der Waals surface area contributed by atoms with Crippen molar-refractivity contribution in [2.75, 3.05) is 0 Å². The van der Waals surface area contributed by atoms with Gasteiger partial charge in [-0.1, -0.05) is 41.9 Å². The maximum Gasteiger partial charge on any atom is 0.277 e. The lowest BCUT2D eigenvalue weighted by Gasteiger charge is -2.19. The molecular weight excluding hydrogens is 364 g/mol. The minimum atomic E-state index is -0.675. The topological polar surface area (TPSA) is 61.1 Å². The molecule has 134 valence electrons. The Kier molecular flexibility index (Phi) is 3.49. The van der Waals surface area contributed by atoms with E-state index in [1.54, 1.807) is 42.5 Å². The molecule has 0 saturated carbocycles. The van der Waals surface area contributed by atoms with Gasteiger partial charge in [-0.3, -0.25) is 14.4 Å². The molecule has 3 aromatic rings. The minimum Gasteiger partial charge on any atom is -0.294 e. The molecule has 0 fully saturated rings.